The van der Waals surface area contributed by atoms with Gasteiger partial charge in [-0.05, 0) is 30.7 Å². The minimum atomic E-state index is -0.288. The minimum Gasteiger partial charge on any atom is -0.493 e. The van der Waals surface area contributed by atoms with E-state index in [9.17, 15) is 4.79 Å². The van der Waals surface area contributed by atoms with Crippen LogP contribution in [0.2, 0.25) is 0 Å². The molecule has 144 valence electrons. The number of hydrogen-bond donors (Lipinski definition) is 0. The summed E-state index contributed by atoms with van der Waals surface area (Å²) < 4.78 is 22.4. The van der Waals surface area contributed by atoms with Crippen molar-refractivity contribution in [2.75, 3.05) is 33.4 Å². The van der Waals surface area contributed by atoms with Crippen molar-refractivity contribution in [3.63, 3.8) is 0 Å². The Labute approximate surface area is 159 Å². The zero-order valence-corrected chi connectivity index (χ0v) is 15.7. The molecule has 1 unspecified atom stereocenters. The van der Waals surface area contributed by atoms with Gasteiger partial charge in [-0.1, -0.05) is 30.3 Å². The van der Waals surface area contributed by atoms with E-state index in [1.807, 2.05) is 48.5 Å². The van der Waals surface area contributed by atoms with Crippen LogP contribution in [0, 0.1) is 0 Å². The van der Waals surface area contributed by atoms with E-state index < -0.39 is 0 Å². The Hall–Kier alpha value is -2.73. The van der Waals surface area contributed by atoms with E-state index >= 15 is 0 Å². The van der Waals surface area contributed by atoms with E-state index in [1.54, 1.807) is 18.9 Å². The number of rotatable bonds is 6. The molecule has 0 bridgehead atoms. The Kier molecular flexibility index (Phi) is 6.54. The molecule has 1 aliphatic rings. The zero-order chi connectivity index (χ0) is 19.1. The van der Waals surface area contributed by atoms with Crippen LogP contribution in [0.1, 0.15) is 12.5 Å². The van der Waals surface area contributed by atoms with Crippen LogP contribution in [-0.4, -0.2) is 50.5 Å². The van der Waals surface area contributed by atoms with E-state index in [0.29, 0.717) is 44.2 Å². The summed E-state index contributed by atoms with van der Waals surface area (Å²) >= 11 is 0. The molecular weight excluding hydrogens is 346 g/mol. The van der Waals surface area contributed by atoms with E-state index in [0.717, 1.165) is 11.3 Å². The molecule has 0 aliphatic carbocycles. The second-order valence-electron chi connectivity index (χ2n) is 6.20. The van der Waals surface area contributed by atoms with E-state index in [1.165, 1.54) is 0 Å². The molecule has 6 heteroatoms. The maximum atomic E-state index is 12.0. The lowest BCUT2D eigenvalue weighted by Gasteiger charge is -2.32. The monoisotopic (exact) mass is 371 g/mol. The van der Waals surface area contributed by atoms with Gasteiger partial charge in [0.1, 0.15) is 5.75 Å². The molecule has 1 atom stereocenters. The van der Waals surface area contributed by atoms with Gasteiger partial charge in [0.05, 0.1) is 33.0 Å². The van der Waals surface area contributed by atoms with Crippen molar-refractivity contribution in [3.8, 4) is 17.2 Å². The largest absolute Gasteiger partial charge is 0.493 e. The van der Waals surface area contributed by atoms with Gasteiger partial charge in [0.2, 0.25) is 0 Å². The van der Waals surface area contributed by atoms with Crippen LogP contribution in [0.4, 0.5) is 4.79 Å². The molecule has 27 heavy (non-hydrogen) atoms. The van der Waals surface area contributed by atoms with Gasteiger partial charge in [-0.15, -0.1) is 0 Å². The third-order valence-corrected chi connectivity index (χ3v) is 4.37. The number of amides is 1. The van der Waals surface area contributed by atoms with Gasteiger partial charge in [0.15, 0.2) is 11.5 Å². The van der Waals surface area contributed by atoms with Gasteiger partial charge in [0, 0.05) is 13.0 Å². The summed E-state index contributed by atoms with van der Waals surface area (Å²) in [7, 11) is 1.62. The van der Waals surface area contributed by atoms with E-state index in [-0.39, 0.29) is 12.2 Å². The molecule has 2 aromatic carbocycles. The predicted octanol–water partition coefficient (Wildman–Crippen LogP) is 3.89. The minimum absolute atomic E-state index is 0.106. The SMILES string of the molecule is CCOC(=O)N1CCOC(Cc2ccccc2Oc2ccccc2OC)C1. The summed E-state index contributed by atoms with van der Waals surface area (Å²) in [5, 5.41) is 0. The van der Waals surface area contributed by atoms with Crippen LogP contribution in [0.3, 0.4) is 0 Å². The Morgan fingerprint density at radius 3 is 2.56 bits per heavy atom. The van der Waals surface area contributed by atoms with Crippen molar-refractivity contribution in [2.24, 2.45) is 0 Å². The zero-order valence-electron chi connectivity index (χ0n) is 15.7. The van der Waals surface area contributed by atoms with Gasteiger partial charge >= 0.3 is 6.09 Å². The summed E-state index contributed by atoms with van der Waals surface area (Å²) in [5.41, 5.74) is 1.01. The second kappa shape index (κ2) is 9.28. The number of nitrogens with zero attached hydrogens (tertiary/aromatic N) is 1. The first-order chi connectivity index (χ1) is 13.2. The predicted molar refractivity (Wildman–Crippen MR) is 102 cm³/mol. The first-order valence-electron chi connectivity index (χ1n) is 9.13. The highest BCUT2D eigenvalue weighted by Crippen LogP contribution is 2.33. The van der Waals surface area contributed by atoms with E-state index in [2.05, 4.69) is 0 Å². The quantitative estimate of drug-likeness (QED) is 0.771. The average molecular weight is 371 g/mol. The molecule has 1 saturated heterocycles. The molecule has 0 radical (unpaired) electrons. The fourth-order valence-electron chi connectivity index (χ4n) is 3.06. The van der Waals surface area contributed by atoms with Gasteiger partial charge in [0.25, 0.3) is 0 Å². The summed E-state index contributed by atoms with van der Waals surface area (Å²) in [6, 6.07) is 15.4. The second-order valence-corrected chi connectivity index (χ2v) is 6.20. The molecule has 0 aromatic heterocycles. The topological polar surface area (TPSA) is 57.2 Å². The number of hydrogen-bond acceptors (Lipinski definition) is 5. The first-order valence-corrected chi connectivity index (χ1v) is 9.13. The summed E-state index contributed by atoms with van der Waals surface area (Å²) in [6.45, 7) is 3.73. The number of benzene rings is 2. The number of morpholine rings is 1. The van der Waals surface area contributed by atoms with Crippen molar-refractivity contribution in [1.82, 2.24) is 4.90 Å². The fourth-order valence-corrected chi connectivity index (χ4v) is 3.06. The molecule has 1 amide bonds. The Morgan fingerprint density at radius 1 is 1.11 bits per heavy atom. The summed E-state index contributed by atoms with van der Waals surface area (Å²) in [5.74, 6) is 2.08. The molecule has 3 rings (SSSR count). The van der Waals surface area contributed by atoms with Crippen molar-refractivity contribution in [1.29, 1.82) is 0 Å². The summed E-state index contributed by atoms with van der Waals surface area (Å²) in [4.78, 5) is 13.7. The lowest BCUT2D eigenvalue weighted by atomic mass is 10.1. The van der Waals surface area contributed by atoms with Gasteiger partial charge < -0.3 is 23.8 Å². The molecule has 0 spiro atoms. The highest BCUT2D eigenvalue weighted by molar-refractivity contribution is 5.67. The Balaban J connectivity index is 1.71. The maximum Gasteiger partial charge on any atom is 0.409 e. The molecule has 6 nitrogen and oxygen atoms in total. The lowest BCUT2D eigenvalue weighted by Crippen LogP contribution is -2.46. The van der Waals surface area contributed by atoms with Crippen molar-refractivity contribution in [3.05, 3.63) is 54.1 Å². The highest BCUT2D eigenvalue weighted by atomic mass is 16.6. The van der Waals surface area contributed by atoms with E-state index in [4.69, 9.17) is 18.9 Å². The Bertz CT molecular complexity index is 764. The Morgan fingerprint density at radius 2 is 1.81 bits per heavy atom. The lowest BCUT2D eigenvalue weighted by molar-refractivity contribution is -0.0260. The van der Waals surface area contributed by atoms with Crippen LogP contribution in [0.25, 0.3) is 0 Å². The van der Waals surface area contributed by atoms with Gasteiger partial charge in [-0.2, -0.15) is 0 Å². The number of para-hydroxylation sites is 3. The fraction of sp³-hybridized carbons (Fsp3) is 0.381. The molecule has 0 saturated carbocycles. The van der Waals surface area contributed by atoms with Crippen LogP contribution < -0.4 is 9.47 Å². The molecule has 0 N–H and O–H groups in total. The summed E-state index contributed by atoms with van der Waals surface area (Å²) in [6.07, 6.45) is 0.247. The van der Waals surface area contributed by atoms with Crippen LogP contribution >= 0.6 is 0 Å². The number of methoxy groups -OCH3 is 1. The molecule has 2 aromatic rings. The van der Waals surface area contributed by atoms with Crippen LogP contribution in [0.5, 0.6) is 17.2 Å². The smallest absolute Gasteiger partial charge is 0.409 e. The van der Waals surface area contributed by atoms with Gasteiger partial charge in [-0.3, -0.25) is 0 Å². The van der Waals surface area contributed by atoms with Gasteiger partial charge in [-0.25, -0.2) is 4.79 Å². The molecule has 1 heterocycles. The normalized spacial score (nSPS) is 16.7. The number of ether oxygens (including phenoxy) is 4. The number of carbonyl (C=O) groups is 1. The maximum absolute atomic E-state index is 12.0. The van der Waals surface area contributed by atoms with Crippen LogP contribution in [-0.2, 0) is 15.9 Å². The highest BCUT2D eigenvalue weighted by Gasteiger charge is 2.26. The molecule has 1 aliphatic heterocycles. The van der Waals surface area contributed by atoms with Crippen molar-refractivity contribution < 1.29 is 23.7 Å². The molecular formula is C21H25NO5. The van der Waals surface area contributed by atoms with Crippen molar-refractivity contribution >= 4 is 6.09 Å². The standard InChI is InChI=1S/C21H25NO5/c1-3-25-21(23)22-12-13-26-17(15-22)14-16-8-4-5-9-18(16)27-20-11-7-6-10-19(20)24-2/h4-11,17H,3,12-15H2,1-2H3. The third-order valence-electron chi connectivity index (χ3n) is 4.37. The van der Waals surface area contributed by atoms with Crippen molar-refractivity contribution in [2.45, 2.75) is 19.4 Å². The molecule has 1 fully saturated rings. The average Bonchev–Trinajstić information content (AvgIpc) is 2.70. The first kappa shape index (κ1) is 19.0. The number of carbonyl (C=O) groups excluding carboxylic acids is 1. The third kappa shape index (κ3) is 4.92. The van der Waals surface area contributed by atoms with Crippen LogP contribution in [0.15, 0.2) is 48.5 Å².